The van der Waals surface area contributed by atoms with E-state index in [4.69, 9.17) is 28.5 Å². The van der Waals surface area contributed by atoms with Gasteiger partial charge in [-0.1, -0.05) is 23.2 Å². The highest BCUT2D eigenvalue weighted by Crippen LogP contribution is 2.32. The number of hydrogen-bond donors (Lipinski definition) is 1. The highest BCUT2D eigenvalue weighted by molar-refractivity contribution is 6.37. The van der Waals surface area contributed by atoms with Gasteiger partial charge in [-0.3, -0.25) is 0 Å². The predicted molar refractivity (Wildman–Crippen MR) is 52.8 cm³/mol. The highest BCUT2D eigenvalue weighted by atomic mass is 35.5. The van der Waals surface area contributed by atoms with Crippen molar-refractivity contribution in [3.8, 4) is 11.8 Å². The molecule has 1 aromatic rings. The van der Waals surface area contributed by atoms with Crippen molar-refractivity contribution < 1.29 is 5.11 Å². The minimum atomic E-state index is -0.141. The first-order valence-electron chi connectivity index (χ1n) is 3.39. The molecule has 0 spiro atoms. The van der Waals surface area contributed by atoms with Crippen LogP contribution in [0.4, 0.5) is 0 Å². The molecule has 0 bridgehead atoms. The van der Waals surface area contributed by atoms with Gasteiger partial charge in [0.05, 0.1) is 16.1 Å². The van der Waals surface area contributed by atoms with Crippen molar-refractivity contribution in [1.29, 1.82) is 5.26 Å². The van der Waals surface area contributed by atoms with E-state index in [2.05, 4.69) is 0 Å². The molecule has 0 aliphatic heterocycles. The predicted octanol–water partition coefficient (Wildman–Crippen LogP) is 3.24. The van der Waals surface area contributed by atoms with Crippen molar-refractivity contribution in [2.75, 3.05) is 0 Å². The van der Waals surface area contributed by atoms with Crippen LogP contribution >= 0.6 is 23.2 Å². The minimum Gasteiger partial charge on any atom is -0.505 e. The van der Waals surface area contributed by atoms with Crippen molar-refractivity contribution >= 4 is 29.3 Å². The van der Waals surface area contributed by atoms with Gasteiger partial charge in [0.15, 0.2) is 5.75 Å². The van der Waals surface area contributed by atoms with Crippen LogP contribution in [0.25, 0.3) is 6.08 Å². The summed E-state index contributed by atoms with van der Waals surface area (Å²) < 4.78 is 0. The maximum absolute atomic E-state index is 9.20. The van der Waals surface area contributed by atoms with Crippen molar-refractivity contribution in [3.63, 3.8) is 0 Å². The summed E-state index contributed by atoms with van der Waals surface area (Å²) >= 11 is 11.3. The number of halogens is 2. The average Bonchev–Trinajstić information content (AvgIpc) is 2.10. The van der Waals surface area contributed by atoms with Gasteiger partial charge in [0.2, 0.25) is 0 Å². The lowest BCUT2D eigenvalue weighted by Crippen LogP contribution is -1.75. The fourth-order valence-electron chi connectivity index (χ4n) is 0.815. The topological polar surface area (TPSA) is 44.0 Å². The van der Waals surface area contributed by atoms with Crippen LogP contribution in [0.15, 0.2) is 18.2 Å². The van der Waals surface area contributed by atoms with E-state index in [1.807, 2.05) is 6.07 Å². The third-order valence-electron chi connectivity index (χ3n) is 1.39. The van der Waals surface area contributed by atoms with Gasteiger partial charge in [-0.05, 0) is 23.8 Å². The highest BCUT2D eigenvalue weighted by Gasteiger charge is 2.04. The standard InChI is InChI=1S/C9H5Cl2NO/c10-7-4-6(2-1-3-12)5-8(11)9(7)13/h1-2,4-5,13H/b2-1-. The first-order chi connectivity index (χ1) is 6.15. The number of phenols is 1. The van der Waals surface area contributed by atoms with Crippen molar-refractivity contribution in [2.45, 2.75) is 0 Å². The molecule has 0 radical (unpaired) electrons. The lowest BCUT2D eigenvalue weighted by molar-refractivity contribution is 0.476. The Morgan fingerprint density at radius 2 is 1.85 bits per heavy atom. The van der Waals surface area contributed by atoms with Crippen LogP contribution < -0.4 is 0 Å². The molecule has 0 heterocycles. The molecule has 0 aliphatic carbocycles. The van der Waals surface area contributed by atoms with Crippen LogP contribution in [-0.2, 0) is 0 Å². The normalized spacial score (nSPS) is 10.2. The zero-order valence-electron chi connectivity index (χ0n) is 6.46. The number of aromatic hydroxyl groups is 1. The molecule has 1 N–H and O–H groups in total. The Morgan fingerprint density at radius 1 is 1.31 bits per heavy atom. The SMILES string of the molecule is N#C/C=C\c1cc(Cl)c(O)c(Cl)c1. The Morgan fingerprint density at radius 3 is 2.31 bits per heavy atom. The van der Waals surface area contributed by atoms with E-state index in [1.165, 1.54) is 18.2 Å². The van der Waals surface area contributed by atoms with E-state index in [1.54, 1.807) is 6.08 Å². The summed E-state index contributed by atoms with van der Waals surface area (Å²) in [4.78, 5) is 0. The monoisotopic (exact) mass is 213 g/mol. The van der Waals surface area contributed by atoms with Crippen LogP contribution in [0.2, 0.25) is 10.0 Å². The van der Waals surface area contributed by atoms with E-state index in [0.717, 1.165) is 0 Å². The number of nitriles is 1. The summed E-state index contributed by atoms with van der Waals surface area (Å²) in [5.74, 6) is -0.141. The number of rotatable bonds is 1. The molecule has 0 amide bonds. The van der Waals surface area contributed by atoms with Gasteiger partial charge in [-0.25, -0.2) is 0 Å². The fraction of sp³-hybridized carbons (Fsp3) is 0. The second-order valence-electron chi connectivity index (χ2n) is 2.30. The second kappa shape index (κ2) is 4.18. The van der Waals surface area contributed by atoms with E-state index >= 15 is 0 Å². The van der Waals surface area contributed by atoms with Gasteiger partial charge >= 0.3 is 0 Å². The minimum absolute atomic E-state index is 0.141. The molecule has 0 aromatic heterocycles. The Kier molecular flexibility index (Phi) is 3.18. The maximum Gasteiger partial charge on any atom is 0.152 e. The van der Waals surface area contributed by atoms with E-state index in [-0.39, 0.29) is 15.8 Å². The molecule has 0 aliphatic rings. The van der Waals surface area contributed by atoms with Gasteiger partial charge < -0.3 is 5.11 Å². The Labute approximate surface area is 85.6 Å². The number of benzene rings is 1. The van der Waals surface area contributed by atoms with E-state index in [9.17, 15) is 5.11 Å². The van der Waals surface area contributed by atoms with E-state index < -0.39 is 0 Å². The summed E-state index contributed by atoms with van der Waals surface area (Å²) in [5, 5.41) is 17.8. The lowest BCUT2D eigenvalue weighted by atomic mass is 10.2. The summed E-state index contributed by atoms with van der Waals surface area (Å²) in [5.41, 5.74) is 0.675. The quantitative estimate of drug-likeness (QED) is 0.729. The molecule has 0 saturated carbocycles. The number of hydrogen-bond acceptors (Lipinski definition) is 2. The van der Waals surface area contributed by atoms with Crippen LogP contribution in [0, 0.1) is 11.3 Å². The van der Waals surface area contributed by atoms with Crippen molar-refractivity contribution in [1.82, 2.24) is 0 Å². The van der Waals surface area contributed by atoms with Gasteiger partial charge in [-0.2, -0.15) is 5.26 Å². The molecule has 0 saturated heterocycles. The van der Waals surface area contributed by atoms with Gasteiger partial charge in [0, 0.05) is 6.08 Å². The molecule has 4 heteroatoms. The zero-order valence-corrected chi connectivity index (χ0v) is 7.97. The molecular weight excluding hydrogens is 209 g/mol. The largest absolute Gasteiger partial charge is 0.505 e. The fourth-order valence-corrected chi connectivity index (χ4v) is 1.32. The molecule has 13 heavy (non-hydrogen) atoms. The van der Waals surface area contributed by atoms with Gasteiger partial charge in [0.1, 0.15) is 0 Å². The lowest BCUT2D eigenvalue weighted by Gasteiger charge is -2.00. The summed E-state index contributed by atoms with van der Waals surface area (Å²) in [6, 6.07) is 4.89. The maximum atomic E-state index is 9.20. The number of allylic oxidation sites excluding steroid dienone is 1. The van der Waals surface area contributed by atoms with Crippen molar-refractivity contribution in [3.05, 3.63) is 33.8 Å². The Bertz CT molecular complexity index is 370. The van der Waals surface area contributed by atoms with Crippen LogP contribution in [0.3, 0.4) is 0 Å². The van der Waals surface area contributed by atoms with Crippen LogP contribution in [0.1, 0.15) is 5.56 Å². The molecule has 0 unspecified atom stereocenters. The van der Waals surface area contributed by atoms with Crippen LogP contribution in [0.5, 0.6) is 5.75 Å². The summed E-state index contributed by atoms with van der Waals surface area (Å²) in [6.45, 7) is 0. The van der Waals surface area contributed by atoms with Gasteiger partial charge in [-0.15, -0.1) is 0 Å². The van der Waals surface area contributed by atoms with Crippen LogP contribution in [-0.4, -0.2) is 5.11 Å². The Hall–Kier alpha value is -1.17. The number of phenolic OH excluding ortho intramolecular Hbond substituents is 1. The molecule has 2 nitrogen and oxygen atoms in total. The first-order valence-corrected chi connectivity index (χ1v) is 4.15. The average molecular weight is 214 g/mol. The zero-order chi connectivity index (χ0) is 9.84. The summed E-state index contributed by atoms with van der Waals surface area (Å²) in [6.07, 6.45) is 2.86. The Balaban J connectivity index is 3.15. The number of nitrogens with zero attached hydrogens (tertiary/aromatic N) is 1. The smallest absolute Gasteiger partial charge is 0.152 e. The van der Waals surface area contributed by atoms with E-state index in [0.29, 0.717) is 5.56 Å². The molecule has 1 rings (SSSR count). The van der Waals surface area contributed by atoms with Crippen molar-refractivity contribution in [2.24, 2.45) is 0 Å². The third-order valence-corrected chi connectivity index (χ3v) is 1.97. The third kappa shape index (κ3) is 2.38. The molecule has 1 aromatic carbocycles. The molecule has 0 fully saturated rings. The molecule has 66 valence electrons. The second-order valence-corrected chi connectivity index (χ2v) is 3.11. The summed E-state index contributed by atoms with van der Waals surface area (Å²) in [7, 11) is 0. The van der Waals surface area contributed by atoms with Gasteiger partial charge in [0.25, 0.3) is 0 Å². The molecular formula is C9H5Cl2NO. The molecule has 0 atom stereocenters. The first kappa shape index (κ1) is 9.91.